The van der Waals surface area contributed by atoms with Crippen molar-refractivity contribution in [2.24, 2.45) is 11.7 Å². The molecule has 3 nitrogen and oxygen atoms in total. The molecule has 0 aromatic heterocycles. The van der Waals surface area contributed by atoms with Gasteiger partial charge in [0.1, 0.15) is 11.5 Å². The highest BCUT2D eigenvalue weighted by molar-refractivity contribution is 5.45. The maximum absolute atomic E-state index is 6.17. The van der Waals surface area contributed by atoms with E-state index in [-0.39, 0.29) is 0 Å². The van der Waals surface area contributed by atoms with E-state index in [9.17, 15) is 0 Å². The Morgan fingerprint density at radius 3 is 3.11 bits per heavy atom. The second kappa shape index (κ2) is 5.19. The fraction of sp³-hybridized carbons (Fsp3) is 0.600. The van der Waals surface area contributed by atoms with Crippen LogP contribution in [0.5, 0.6) is 11.5 Å². The summed E-state index contributed by atoms with van der Waals surface area (Å²) in [5, 5.41) is 0. The first-order valence-corrected chi connectivity index (χ1v) is 6.98. The predicted molar refractivity (Wildman–Crippen MR) is 71.1 cm³/mol. The molecule has 1 aromatic carbocycles. The van der Waals surface area contributed by atoms with Crippen molar-refractivity contribution in [2.75, 3.05) is 13.2 Å². The highest BCUT2D eigenvalue weighted by Crippen LogP contribution is 2.35. The molecule has 3 rings (SSSR count). The van der Waals surface area contributed by atoms with Crippen LogP contribution in [0.3, 0.4) is 0 Å². The molecule has 1 aliphatic carbocycles. The lowest BCUT2D eigenvalue weighted by Crippen LogP contribution is -2.17. The normalized spacial score (nSPS) is 26.5. The van der Waals surface area contributed by atoms with Crippen molar-refractivity contribution in [3.8, 4) is 11.5 Å². The topological polar surface area (TPSA) is 44.5 Å². The van der Waals surface area contributed by atoms with Crippen LogP contribution in [0.2, 0.25) is 0 Å². The molecular weight excluding hydrogens is 226 g/mol. The van der Waals surface area contributed by atoms with Gasteiger partial charge >= 0.3 is 0 Å². The Labute approximate surface area is 108 Å². The van der Waals surface area contributed by atoms with Crippen LogP contribution in [-0.2, 0) is 6.42 Å². The summed E-state index contributed by atoms with van der Waals surface area (Å²) in [7, 11) is 0. The molecule has 0 bridgehead atoms. The molecule has 2 unspecified atom stereocenters. The Morgan fingerprint density at radius 1 is 1.33 bits per heavy atom. The van der Waals surface area contributed by atoms with E-state index >= 15 is 0 Å². The summed E-state index contributed by atoms with van der Waals surface area (Å²) in [5.74, 6) is 2.67. The smallest absolute Gasteiger partial charge is 0.126 e. The third-order valence-electron chi connectivity index (χ3n) is 4.04. The van der Waals surface area contributed by atoms with Crippen LogP contribution in [0.15, 0.2) is 18.2 Å². The number of hydrogen-bond donors (Lipinski definition) is 1. The van der Waals surface area contributed by atoms with E-state index in [1.165, 1.54) is 12.0 Å². The molecule has 3 heteroatoms. The first kappa shape index (κ1) is 11.8. The molecule has 0 radical (unpaired) electrons. The standard InChI is InChI=1S/C15H21NO2/c16-10-11-6-7-12(9-11)18-15-5-1-4-14-13(15)3-2-8-17-14/h1,4-5,11-12H,2-3,6-10,16H2. The van der Waals surface area contributed by atoms with Gasteiger partial charge in [-0.25, -0.2) is 0 Å². The van der Waals surface area contributed by atoms with Gasteiger partial charge in [0.25, 0.3) is 0 Å². The van der Waals surface area contributed by atoms with E-state index in [0.29, 0.717) is 12.0 Å². The van der Waals surface area contributed by atoms with Crippen LogP contribution in [0.25, 0.3) is 0 Å². The van der Waals surface area contributed by atoms with Gasteiger partial charge in [-0.1, -0.05) is 6.07 Å². The Balaban J connectivity index is 1.73. The molecule has 2 N–H and O–H groups in total. The first-order valence-electron chi connectivity index (χ1n) is 6.98. The Kier molecular flexibility index (Phi) is 3.41. The third kappa shape index (κ3) is 2.32. The summed E-state index contributed by atoms with van der Waals surface area (Å²) in [6, 6.07) is 6.14. The third-order valence-corrected chi connectivity index (χ3v) is 4.04. The predicted octanol–water partition coefficient (Wildman–Crippen LogP) is 2.52. The Hall–Kier alpha value is -1.22. The summed E-state index contributed by atoms with van der Waals surface area (Å²) in [5.41, 5.74) is 6.97. The minimum atomic E-state index is 0.340. The molecule has 1 aliphatic heterocycles. The summed E-state index contributed by atoms with van der Waals surface area (Å²) in [6.07, 6.45) is 5.93. The zero-order chi connectivity index (χ0) is 12.4. The van der Waals surface area contributed by atoms with Crippen molar-refractivity contribution in [1.82, 2.24) is 0 Å². The maximum atomic E-state index is 6.17. The molecule has 0 amide bonds. The number of benzene rings is 1. The van der Waals surface area contributed by atoms with Crippen LogP contribution in [0, 0.1) is 5.92 Å². The van der Waals surface area contributed by atoms with E-state index in [1.807, 2.05) is 12.1 Å². The van der Waals surface area contributed by atoms with Gasteiger partial charge in [0, 0.05) is 5.56 Å². The lowest BCUT2D eigenvalue weighted by molar-refractivity contribution is 0.197. The van der Waals surface area contributed by atoms with Gasteiger partial charge in [-0.3, -0.25) is 0 Å². The molecule has 1 fully saturated rings. The monoisotopic (exact) mass is 247 g/mol. The molecule has 1 saturated carbocycles. The van der Waals surface area contributed by atoms with Gasteiger partial charge in [-0.15, -0.1) is 0 Å². The molecule has 2 atom stereocenters. The maximum Gasteiger partial charge on any atom is 0.126 e. The summed E-state index contributed by atoms with van der Waals surface area (Å²) in [6.45, 7) is 1.62. The van der Waals surface area contributed by atoms with E-state index in [4.69, 9.17) is 15.2 Å². The van der Waals surface area contributed by atoms with Gasteiger partial charge < -0.3 is 15.2 Å². The minimum absolute atomic E-state index is 0.340. The highest BCUT2D eigenvalue weighted by Gasteiger charge is 2.26. The zero-order valence-electron chi connectivity index (χ0n) is 10.7. The summed E-state index contributed by atoms with van der Waals surface area (Å²) < 4.78 is 11.8. The van der Waals surface area contributed by atoms with Gasteiger partial charge in [0.15, 0.2) is 0 Å². The van der Waals surface area contributed by atoms with Crippen LogP contribution < -0.4 is 15.2 Å². The Bertz CT molecular complexity index is 419. The number of hydrogen-bond acceptors (Lipinski definition) is 3. The van der Waals surface area contributed by atoms with Crippen LogP contribution >= 0.6 is 0 Å². The molecule has 1 heterocycles. The van der Waals surface area contributed by atoms with Crippen LogP contribution in [-0.4, -0.2) is 19.3 Å². The average Bonchev–Trinajstić information content (AvgIpc) is 2.87. The average molecular weight is 247 g/mol. The quantitative estimate of drug-likeness (QED) is 0.892. The van der Waals surface area contributed by atoms with Crippen molar-refractivity contribution < 1.29 is 9.47 Å². The fourth-order valence-corrected chi connectivity index (χ4v) is 3.00. The molecule has 98 valence electrons. The van der Waals surface area contributed by atoms with Crippen molar-refractivity contribution in [1.29, 1.82) is 0 Å². The largest absolute Gasteiger partial charge is 0.493 e. The molecule has 18 heavy (non-hydrogen) atoms. The highest BCUT2D eigenvalue weighted by atomic mass is 16.5. The van der Waals surface area contributed by atoms with Gasteiger partial charge in [-0.05, 0) is 56.7 Å². The summed E-state index contributed by atoms with van der Waals surface area (Å²) >= 11 is 0. The van der Waals surface area contributed by atoms with Crippen molar-refractivity contribution in [3.63, 3.8) is 0 Å². The van der Waals surface area contributed by atoms with Gasteiger partial charge in [-0.2, -0.15) is 0 Å². The van der Waals surface area contributed by atoms with E-state index in [0.717, 1.165) is 50.3 Å². The minimum Gasteiger partial charge on any atom is -0.493 e. The molecule has 2 aliphatic rings. The number of ether oxygens (including phenoxy) is 2. The van der Waals surface area contributed by atoms with Crippen molar-refractivity contribution >= 4 is 0 Å². The second-order valence-corrected chi connectivity index (χ2v) is 5.34. The first-order chi connectivity index (χ1) is 8.86. The zero-order valence-corrected chi connectivity index (χ0v) is 10.7. The molecule has 0 spiro atoms. The second-order valence-electron chi connectivity index (χ2n) is 5.34. The van der Waals surface area contributed by atoms with Crippen LogP contribution in [0.1, 0.15) is 31.2 Å². The van der Waals surface area contributed by atoms with E-state index < -0.39 is 0 Å². The fourth-order valence-electron chi connectivity index (χ4n) is 3.00. The molecule has 1 aromatic rings. The SMILES string of the molecule is NCC1CCC(Oc2cccc3c2CCCO3)C1. The number of fused-ring (bicyclic) bond motifs is 1. The van der Waals surface area contributed by atoms with E-state index in [1.54, 1.807) is 0 Å². The van der Waals surface area contributed by atoms with Crippen LogP contribution in [0.4, 0.5) is 0 Å². The lowest BCUT2D eigenvalue weighted by atomic mass is 10.1. The lowest BCUT2D eigenvalue weighted by Gasteiger charge is -2.22. The van der Waals surface area contributed by atoms with Gasteiger partial charge in [0.2, 0.25) is 0 Å². The Morgan fingerprint density at radius 2 is 2.28 bits per heavy atom. The molecular formula is C15H21NO2. The molecule has 0 saturated heterocycles. The number of rotatable bonds is 3. The van der Waals surface area contributed by atoms with Crippen molar-refractivity contribution in [2.45, 2.75) is 38.2 Å². The summed E-state index contributed by atoms with van der Waals surface area (Å²) in [4.78, 5) is 0. The van der Waals surface area contributed by atoms with Crippen molar-refractivity contribution in [3.05, 3.63) is 23.8 Å². The number of nitrogens with two attached hydrogens (primary N) is 1. The van der Waals surface area contributed by atoms with Gasteiger partial charge in [0.05, 0.1) is 12.7 Å². The van der Waals surface area contributed by atoms with E-state index in [2.05, 4.69) is 6.07 Å².